The van der Waals surface area contributed by atoms with Gasteiger partial charge in [-0.1, -0.05) is 24.2 Å². The first kappa shape index (κ1) is 28.0. The van der Waals surface area contributed by atoms with Crippen LogP contribution < -0.4 is 9.64 Å². The Hall–Kier alpha value is -4.13. The molecule has 0 radical (unpaired) electrons. The fourth-order valence-corrected chi connectivity index (χ4v) is 6.37. The van der Waals surface area contributed by atoms with Crippen LogP contribution in [-0.2, 0) is 4.79 Å². The van der Waals surface area contributed by atoms with Gasteiger partial charge < -0.3 is 23.9 Å². The molecule has 42 heavy (non-hydrogen) atoms. The Morgan fingerprint density at radius 1 is 1.21 bits per heavy atom. The van der Waals surface area contributed by atoms with E-state index in [4.69, 9.17) is 30.7 Å². The molecule has 216 valence electrons. The van der Waals surface area contributed by atoms with Gasteiger partial charge in [-0.2, -0.15) is 15.2 Å². The number of amides is 1. The minimum absolute atomic E-state index is 0.179. The number of anilines is 1. The van der Waals surface area contributed by atoms with Gasteiger partial charge in [0.2, 0.25) is 5.91 Å². The molecular weight excluding hydrogens is 552 g/mol. The summed E-state index contributed by atoms with van der Waals surface area (Å²) in [6.45, 7) is 8.63. The van der Waals surface area contributed by atoms with Crippen LogP contribution in [0.2, 0.25) is 5.02 Å². The number of furan rings is 1. The predicted molar refractivity (Wildman–Crippen MR) is 164 cm³/mol. The molecule has 9 nitrogen and oxygen atoms in total. The molecule has 2 aliphatic rings. The summed E-state index contributed by atoms with van der Waals surface area (Å²) < 4.78 is 12.4. The SMILES string of the molecule is C=CC(=O)N1CCN(c2nc(OC[C@@H]3CCCN3C)nc3cc(-c4cc(Cl)ccc4C)c4ccoc4c23)C[C@@H]1CC#N. The molecule has 0 saturated carbocycles. The van der Waals surface area contributed by atoms with Crippen LogP contribution in [0.5, 0.6) is 6.01 Å². The van der Waals surface area contributed by atoms with E-state index in [-0.39, 0.29) is 18.4 Å². The number of aryl methyl sites for hydroxylation is 1. The average molecular weight is 585 g/mol. The molecule has 0 N–H and O–H groups in total. The van der Waals surface area contributed by atoms with E-state index in [0.717, 1.165) is 46.8 Å². The number of likely N-dealkylation sites (tertiary alicyclic amines) is 1. The number of rotatable bonds is 7. The smallest absolute Gasteiger partial charge is 0.319 e. The molecule has 6 rings (SSSR count). The van der Waals surface area contributed by atoms with Crippen molar-refractivity contribution in [1.82, 2.24) is 19.8 Å². The number of aromatic nitrogens is 2. The molecule has 10 heteroatoms. The third-order valence-electron chi connectivity index (χ3n) is 8.49. The number of hydrogen-bond donors (Lipinski definition) is 0. The second-order valence-electron chi connectivity index (χ2n) is 11.1. The monoisotopic (exact) mass is 584 g/mol. The van der Waals surface area contributed by atoms with E-state index < -0.39 is 0 Å². The minimum atomic E-state index is -0.309. The number of fused-ring (bicyclic) bond motifs is 3. The number of hydrogen-bond acceptors (Lipinski definition) is 8. The Balaban J connectivity index is 1.50. The number of nitriles is 1. The van der Waals surface area contributed by atoms with Crippen LogP contribution in [0, 0.1) is 18.3 Å². The Kier molecular flexibility index (Phi) is 7.76. The van der Waals surface area contributed by atoms with Crippen LogP contribution in [0.3, 0.4) is 0 Å². The summed E-state index contributed by atoms with van der Waals surface area (Å²) >= 11 is 6.42. The van der Waals surface area contributed by atoms with Gasteiger partial charge in [0.15, 0.2) is 0 Å². The summed E-state index contributed by atoms with van der Waals surface area (Å²) in [5, 5.41) is 11.9. The average Bonchev–Trinajstić information content (AvgIpc) is 3.65. The lowest BCUT2D eigenvalue weighted by Gasteiger charge is -2.41. The maximum atomic E-state index is 12.6. The summed E-state index contributed by atoms with van der Waals surface area (Å²) in [5.74, 6) is 0.486. The van der Waals surface area contributed by atoms with E-state index in [9.17, 15) is 10.1 Å². The lowest BCUT2D eigenvalue weighted by atomic mass is 9.96. The number of halogens is 1. The van der Waals surface area contributed by atoms with Crippen molar-refractivity contribution >= 4 is 45.2 Å². The second kappa shape index (κ2) is 11.6. The fraction of sp³-hybridized carbons (Fsp3) is 0.375. The summed E-state index contributed by atoms with van der Waals surface area (Å²) in [5.41, 5.74) is 4.39. The normalized spacial score (nSPS) is 19.4. The van der Waals surface area contributed by atoms with E-state index in [0.29, 0.717) is 60.2 Å². The van der Waals surface area contributed by atoms with Crippen LogP contribution in [0.25, 0.3) is 33.0 Å². The highest BCUT2D eigenvalue weighted by molar-refractivity contribution is 6.31. The minimum Gasteiger partial charge on any atom is -0.463 e. The first-order valence-electron chi connectivity index (χ1n) is 14.2. The Bertz CT molecular complexity index is 1710. The van der Waals surface area contributed by atoms with Gasteiger partial charge in [-0.15, -0.1) is 0 Å². The highest BCUT2D eigenvalue weighted by Gasteiger charge is 2.32. The van der Waals surface area contributed by atoms with Gasteiger partial charge in [-0.25, -0.2) is 0 Å². The molecule has 2 atom stereocenters. The maximum absolute atomic E-state index is 12.6. The number of likely N-dealkylation sites (N-methyl/N-ethyl adjacent to an activating group) is 1. The molecule has 2 fully saturated rings. The zero-order chi connectivity index (χ0) is 29.4. The Morgan fingerprint density at radius 2 is 2.07 bits per heavy atom. The Labute approximate surface area is 249 Å². The third kappa shape index (κ3) is 5.17. The highest BCUT2D eigenvalue weighted by Crippen LogP contribution is 2.41. The molecule has 2 saturated heterocycles. The number of ether oxygens (including phenoxy) is 1. The molecule has 1 amide bonds. The van der Waals surface area contributed by atoms with Gasteiger partial charge >= 0.3 is 6.01 Å². The first-order chi connectivity index (χ1) is 20.4. The van der Waals surface area contributed by atoms with Crippen LogP contribution in [0.15, 0.2) is 53.7 Å². The van der Waals surface area contributed by atoms with Crippen molar-refractivity contribution < 1.29 is 13.9 Å². The molecule has 0 spiro atoms. The van der Waals surface area contributed by atoms with Crippen molar-refractivity contribution in [3.05, 3.63) is 59.8 Å². The molecule has 2 aromatic carbocycles. The van der Waals surface area contributed by atoms with E-state index in [2.05, 4.69) is 42.5 Å². The summed E-state index contributed by atoms with van der Waals surface area (Å²) in [4.78, 5) is 28.5. The largest absolute Gasteiger partial charge is 0.463 e. The van der Waals surface area contributed by atoms with Crippen molar-refractivity contribution in [2.24, 2.45) is 0 Å². The third-order valence-corrected chi connectivity index (χ3v) is 8.73. The van der Waals surface area contributed by atoms with E-state index in [1.807, 2.05) is 24.3 Å². The number of carbonyl (C=O) groups excluding carboxylic acids is 1. The van der Waals surface area contributed by atoms with Gasteiger partial charge in [-0.05, 0) is 80.4 Å². The van der Waals surface area contributed by atoms with Crippen LogP contribution in [0.1, 0.15) is 24.8 Å². The lowest BCUT2D eigenvalue weighted by Crippen LogP contribution is -2.55. The van der Waals surface area contributed by atoms with Gasteiger partial charge in [-0.3, -0.25) is 4.79 Å². The molecule has 0 aliphatic carbocycles. The maximum Gasteiger partial charge on any atom is 0.319 e. The van der Waals surface area contributed by atoms with Crippen molar-refractivity contribution in [1.29, 1.82) is 5.26 Å². The lowest BCUT2D eigenvalue weighted by molar-refractivity contribution is -0.128. The van der Waals surface area contributed by atoms with Crippen molar-refractivity contribution in [2.45, 2.75) is 38.3 Å². The predicted octanol–water partition coefficient (Wildman–Crippen LogP) is 5.59. The fourth-order valence-electron chi connectivity index (χ4n) is 6.19. The Morgan fingerprint density at radius 3 is 2.83 bits per heavy atom. The van der Waals surface area contributed by atoms with Gasteiger partial charge in [0, 0.05) is 36.1 Å². The highest BCUT2D eigenvalue weighted by atomic mass is 35.5. The van der Waals surface area contributed by atoms with E-state index in [1.54, 1.807) is 11.2 Å². The van der Waals surface area contributed by atoms with Gasteiger partial charge in [0.1, 0.15) is 18.0 Å². The summed E-state index contributed by atoms with van der Waals surface area (Å²) in [6, 6.07) is 12.4. The quantitative estimate of drug-likeness (QED) is 0.259. The molecule has 4 aromatic rings. The zero-order valence-corrected chi connectivity index (χ0v) is 24.6. The van der Waals surface area contributed by atoms with E-state index >= 15 is 0 Å². The van der Waals surface area contributed by atoms with Crippen molar-refractivity contribution in [3.8, 4) is 23.2 Å². The first-order valence-corrected chi connectivity index (χ1v) is 14.6. The number of nitrogens with zero attached hydrogens (tertiary/aromatic N) is 6. The van der Waals surface area contributed by atoms with Gasteiger partial charge in [0.25, 0.3) is 0 Å². The molecule has 2 aliphatic heterocycles. The number of carbonyl (C=O) groups is 1. The molecule has 2 aromatic heterocycles. The molecule has 4 heterocycles. The molecule has 0 unspecified atom stereocenters. The standard InChI is InChI=1S/C32H33ClN6O3/c1-4-28(40)39-14-13-38(18-22(39)9-11-34)31-29-27(35-32(36-31)42-19-23-6-5-12-37(23)3)17-26(24-10-15-41-30(24)29)25-16-21(33)8-7-20(25)2/h4,7-8,10,15-17,22-23H,1,5-6,9,12-14,18-19H2,2-3H3/t22-,23-/m0/s1. The van der Waals surface area contributed by atoms with Crippen LogP contribution in [-0.4, -0.2) is 77.6 Å². The van der Waals surface area contributed by atoms with Crippen molar-refractivity contribution in [2.75, 3.05) is 44.7 Å². The topological polar surface area (TPSA) is 98.7 Å². The van der Waals surface area contributed by atoms with E-state index in [1.165, 1.54) is 6.08 Å². The summed E-state index contributed by atoms with van der Waals surface area (Å²) in [6.07, 6.45) is 5.39. The second-order valence-corrected chi connectivity index (χ2v) is 11.5. The van der Waals surface area contributed by atoms with Crippen molar-refractivity contribution in [3.63, 3.8) is 0 Å². The zero-order valence-electron chi connectivity index (χ0n) is 23.8. The van der Waals surface area contributed by atoms with Gasteiger partial charge in [0.05, 0.1) is 35.7 Å². The van der Waals surface area contributed by atoms with Crippen LogP contribution >= 0.6 is 11.6 Å². The number of benzene rings is 2. The molecule has 0 bridgehead atoms. The summed E-state index contributed by atoms with van der Waals surface area (Å²) in [7, 11) is 2.11. The molecular formula is C32H33ClN6O3. The van der Waals surface area contributed by atoms with Crippen LogP contribution in [0.4, 0.5) is 5.82 Å². The number of piperazine rings is 1.